The molecule has 0 bridgehead atoms. The summed E-state index contributed by atoms with van der Waals surface area (Å²) >= 11 is 0. The molecule has 2 atom stereocenters. The van der Waals surface area contributed by atoms with Gasteiger partial charge in [0, 0.05) is 12.8 Å². The van der Waals surface area contributed by atoms with E-state index in [1.165, 1.54) is 405 Å². The Balaban J connectivity index is 3.37. The molecule has 6 nitrogen and oxygen atoms in total. The summed E-state index contributed by atoms with van der Waals surface area (Å²) in [5.74, 6) is -0.00794. The van der Waals surface area contributed by atoms with Crippen molar-refractivity contribution >= 4 is 11.9 Å². The van der Waals surface area contributed by atoms with Gasteiger partial charge >= 0.3 is 5.97 Å². The number of hydrogen-bond acceptors (Lipinski definition) is 5. The number of ether oxygens (including phenoxy) is 1. The smallest absolute Gasteiger partial charge is 0.305 e. The van der Waals surface area contributed by atoms with Gasteiger partial charge in [-0.1, -0.05) is 436 Å². The highest BCUT2D eigenvalue weighted by molar-refractivity contribution is 5.76. The maximum Gasteiger partial charge on any atom is 0.305 e. The zero-order valence-corrected chi connectivity index (χ0v) is 62.1. The lowest BCUT2D eigenvalue weighted by Crippen LogP contribution is -2.45. The van der Waals surface area contributed by atoms with E-state index in [1.54, 1.807) is 0 Å². The predicted octanol–water partition coefficient (Wildman–Crippen LogP) is 28.0. The van der Waals surface area contributed by atoms with Gasteiger partial charge in [0.2, 0.25) is 5.91 Å². The van der Waals surface area contributed by atoms with Crippen LogP contribution >= 0.6 is 0 Å². The van der Waals surface area contributed by atoms with Crippen LogP contribution in [0.2, 0.25) is 0 Å². The summed E-state index contributed by atoms with van der Waals surface area (Å²) in [7, 11) is 0. The number of unbranched alkanes of at least 4 members (excludes halogenated alkanes) is 65. The lowest BCUT2D eigenvalue weighted by atomic mass is 10.0. The molecule has 3 N–H and O–H groups in total. The second-order valence-corrected chi connectivity index (χ2v) is 29.2. The quantitative estimate of drug-likeness (QED) is 0.0320. The molecule has 6 heteroatoms. The van der Waals surface area contributed by atoms with E-state index in [4.69, 9.17) is 4.74 Å². The van der Waals surface area contributed by atoms with Crippen LogP contribution in [-0.4, -0.2) is 47.4 Å². The molecule has 2 unspecified atom stereocenters. The molecule has 0 saturated carbocycles. The number of esters is 1. The van der Waals surface area contributed by atoms with Crippen molar-refractivity contribution in [3.05, 3.63) is 24.3 Å². The Morgan fingerprint density at radius 2 is 0.549 bits per heavy atom. The van der Waals surface area contributed by atoms with Gasteiger partial charge in [-0.3, -0.25) is 9.59 Å². The summed E-state index contributed by atoms with van der Waals surface area (Å²) in [6.07, 6.45) is 104. The maximum absolute atomic E-state index is 12.6. The fourth-order valence-electron chi connectivity index (χ4n) is 13.6. The SMILES string of the molecule is CCCCCCCCCCCCCCCCCCCCCCCCCCCC(O)C(CO)NC(=O)CCCCCCCCCCCCCCCCCCC/C=C\C/C=C\CCCCCCCCCCCOC(=O)CCCCCCCCCCCCCCCCCC. The molecule has 540 valence electrons. The molecule has 0 saturated heterocycles. The first-order valence-electron chi connectivity index (χ1n) is 42.1. The van der Waals surface area contributed by atoms with E-state index in [0.717, 1.165) is 44.9 Å². The van der Waals surface area contributed by atoms with Crippen LogP contribution in [0.15, 0.2) is 24.3 Å². The number of amides is 1. The van der Waals surface area contributed by atoms with Crippen molar-refractivity contribution in [1.82, 2.24) is 5.32 Å². The van der Waals surface area contributed by atoms with Crippen molar-refractivity contribution < 1.29 is 24.5 Å². The Kier molecular flexibility index (Phi) is 79.3. The summed E-state index contributed by atoms with van der Waals surface area (Å²) in [4.78, 5) is 24.7. The Hall–Kier alpha value is -1.66. The highest BCUT2D eigenvalue weighted by Gasteiger charge is 2.20. The van der Waals surface area contributed by atoms with Gasteiger partial charge in [0.15, 0.2) is 0 Å². The van der Waals surface area contributed by atoms with Gasteiger partial charge in [-0.25, -0.2) is 0 Å². The minimum atomic E-state index is -0.665. The maximum atomic E-state index is 12.6. The minimum Gasteiger partial charge on any atom is -0.466 e. The van der Waals surface area contributed by atoms with E-state index >= 15 is 0 Å². The molecule has 0 aliphatic carbocycles. The minimum absolute atomic E-state index is 0.0189. The number of rotatable bonds is 80. The van der Waals surface area contributed by atoms with Gasteiger partial charge in [-0.2, -0.15) is 0 Å². The number of hydrogen-bond donors (Lipinski definition) is 3. The Morgan fingerprint density at radius 3 is 0.835 bits per heavy atom. The monoisotopic (exact) mass is 1280 g/mol. The van der Waals surface area contributed by atoms with Gasteiger partial charge < -0.3 is 20.3 Å². The first kappa shape index (κ1) is 89.3. The lowest BCUT2D eigenvalue weighted by molar-refractivity contribution is -0.143. The van der Waals surface area contributed by atoms with E-state index in [-0.39, 0.29) is 18.5 Å². The number of nitrogens with one attached hydrogen (secondary N) is 1. The Bertz CT molecular complexity index is 1430. The van der Waals surface area contributed by atoms with E-state index in [9.17, 15) is 19.8 Å². The molecule has 0 radical (unpaired) electrons. The van der Waals surface area contributed by atoms with Crippen LogP contribution in [0.4, 0.5) is 0 Å². The van der Waals surface area contributed by atoms with Gasteiger partial charge in [-0.05, 0) is 57.8 Å². The van der Waals surface area contributed by atoms with Crippen molar-refractivity contribution in [2.24, 2.45) is 0 Å². The van der Waals surface area contributed by atoms with E-state index < -0.39 is 12.1 Å². The molecule has 0 rings (SSSR count). The van der Waals surface area contributed by atoms with E-state index in [1.807, 2.05) is 0 Å². The van der Waals surface area contributed by atoms with Crippen LogP contribution in [0.1, 0.15) is 483 Å². The number of aliphatic hydroxyl groups excluding tert-OH is 2. The zero-order chi connectivity index (χ0) is 65.6. The third-order valence-electron chi connectivity index (χ3n) is 20.0. The number of carbonyl (C=O) groups excluding carboxylic acids is 2. The fourth-order valence-corrected chi connectivity index (χ4v) is 13.6. The van der Waals surface area contributed by atoms with Crippen molar-refractivity contribution in [2.45, 2.75) is 495 Å². The van der Waals surface area contributed by atoms with Crippen LogP contribution in [0.5, 0.6) is 0 Å². The first-order chi connectivity index (χ1) is 45.0. The van der Waals surface area contributed by atoms with E-state index in [0.29, 0.717) is 25.9 Å². The number of carbonyl (C=O) groups is 2. The molecular formula is C85H165NO5. The van der Waals surface area contributed by atoms with Crippen LogP contribution in [0.25, 0.3) is 0 Å². The van der Waals surface area contributed by atoms with Gasteiger partial charge in [0.25, 0.3) is 0 Å². The molecule has 0 heterocycles. The molecule has 0 aliphatic rings. The number of allylic oxidation sites excluding steroid dienone is 4. The second kappa shape index (κ2) is 80.8. The topological polar surface area (TPSA) is 95.9 Å². The lowest BCUT2D eigenvalue weighted by Gasteiger charge is -2.22. The molecule has 91 heavy (non-hydrogen) atoms. The summed E-state index contributed by atoms with van der Waals surface area (Å²) in [6, 6.07) is -0.542. The van der Waals surface area contributed by atoms with Crippen LogP contribution in [-0.2, 0) is 14.3 Å². The molecule has 0 aromatic rings. The standard InChI is InChI=1S/C85H165NO5/c1-3-5-7-9-11-13-15-17-19-21-22-23-24-34-37-40-43-46-49-53-57-61-65-69-73-77-83(88)82(81-87)86-84(89)78-74-70-66-62-58-54-50-47-44-41-38-35-32-30-28-26-25-27-29-31-33-36-39-42-45-48-52-56-60-64-68-72-76-80-91-85(90)79-75-71-67-63-59-55-51-20-18-16-14-12-10-8-6-4-2/h29,31,36,39,82-83,87-88H,3-28,30,32-35,37-38,40-81H2,1-2H3,(H,86,89)/b31-29-,39-36-. The summed E-state index contributed by atoms with van der Waals surface area (Å²) < 4.78 is 5.51. The van der Waals surface area contributed by atoms with Crippen molar-refractivity contribution in [3.63, 3.8) is 0 Å². The average Bonchev–Trinajstić information content (AvgIpc) is 3.58. The highest BCUT2D eigenvalue weighted by atomic mass is 16.5. The van der Waals surface area contributed by atoms with Crippen molar-refractivity contribution in [3.8, 4) is 0 Å². The van der Waals surface area contributed by atoms with Crippen LogP contribution in [0.3, 0.4) is 0 Å². The fraction of sp³-hybridized carbons (Fsp3) is 0.929. The van der Waals surface area contributed by atoms with Gasteiger partial charge in [-0.15, -0.1) is 0 Å². The molecule has 1 amide bonds. The second-order valence-electron chi connectivity index (χ2n) is 29.2. The molecular weight excluding hydrogens is 1110 g/mol. The molecule has 0 fully saturated rings. The molecule has 0 spiro atoms. The normalized spacial score (nSPS) is 12.5. The molecule has 0 aliphatic heterocycles. The predicted molar refractivity (Wildman–Crippen MR) is 403 cm³/mol. The molecule has 0 aromatic heterocycles. The van der Waals surface area contributed by atoms with Gasteiger partial charge in [0.1, 0.15) is 0 Å². The highest BCUT2D eigenvalue weighted by Crippen LogP contribution is 2.21. The van der Waals surface area contributed by atoms with Gasteiger partial charge in [0.05, 0.1) is 25.4 Å². The van der Waals surface area contributed by atoms with Crippen LogP contribution in [0, 0.1) is 0 Å². The summed E-state index contributed by atoms with van der Waals surface area (Å²) in [5.41, 5.74) is 0. The van der Waals surface area contributed by atoms with E-state index in [2.05, 4.69) is 43.5 Å². The van der Waals surface area contributed by atoms with Crippen molar-refractivity contribution in [2.75, 3.05) is 13.2 Å². The Labute approximate surface area is 571 Å². The third kappa shape index (κ3) is 77.2. The number of aliphatic hydroxyl groups is 2. The summed E-state index contributed by atoms with van der Waals surface area (Å²) in [6.45, 7) is 5.01. The largest absolute Gasteiger partial charge is 0.466 e. The van der Waals surface area contributed by atoms with Crippen molar-refractivity contribution in [1.29, 1.82) is 0 Å². The average molecular weight is 1280 g/mol. The summed E-state index contributed by atoms with van der Waals surface area (Å²) in [5, 5.41) is 23.5. The van der Waals surface area contributed by atoms with Crippen LogP contribution < -0.4 is 5.32 Å². The Morgan fingerprint density at radius 1 is 0.308 bits per heavy atom. The third-order valence-corrected chi connectivity index (χ3v) is 20.0. The first-order valence-corrected chi connectivity index (χ1v) is 42.1. The zero-order valence-electron chi connectivity index (χ0n) is 62.1. The molecule has 0 aromatic carbocycles.